The van der Waals surface area contributed by atoms with Crippen LogP contribution >= 0.6 is 0 Å². The van der Waals surface area contributed by atoms with Gasteiger partial charge in [-0.15, -0.1) is 13.2 Å². The summed E-state index contributed by atoms with van der Waals surface area (Å²) in [5, 5.41) is 9.84. The maximum absolute atomic E-state index is 12.1. The van der Waals surface area contributed by atoms with Crippen molar-refractivity contribution in [3.63, 3.8) is 0 Å². The number of halogens is 3. The van der Waals surface area contributed by atoms with Gasteiger partial charge in [0.2, 0.25) is 0 Å². The first-order chi connectivity index (χ1) is 10.4. The van der Waals surface area contributed by atoms with Crippen molar-refractivity contribution >= 4 is 0 Å². The number of hydrogen-bond donors (Lipinski definition) is 1. The number of ether oxygens (including phenoxy) is 1. The Labute approximate surface area is 127 Å². The SMILES string of the molecule is CC[C@H](O)c1cccc(Cc2ccc(OC(F)(F)F)cc2)c1. The second-order valence-corrected chi connectivity index (χ2v) is 5.04. The maximum Gasteiger partial charge on any atom is 0.573 e. The lowest BCUT2D eigenvalue weighted by Gasteiger charge is -2.11. The summed E-state index contributed by atoms with van der Waals surface area (Å²) in [5.74, 6) is -0.230. The Hall–Kier alpha value is -2.01. The minimum Gasteiger partial charge on any atom is -0.406 e. The van der Waals surface area contributed by atoms with Gasteiger partial charge in [-0.1, -0.05) is 43.3 Å². The Morgan fingerprint density at radius 3 is 2.32 bits per heavy atom. The smallest absolute Gasteiger partial charge is 0.406 e. The first kappa shape index (κ1) is 16.4. The summed E-state index contributed by atoms with van der Waals surface area (Å²) in [6.45, 7) is 1.90. The first-order valence-electron chi connectivity index (χ1n) is 6.99. The third-order valence-electron chi connectivity index (χ3n) is 3.29. The largest absolute Gasteiger partial charge is 0.573 e. The van der Waals surface area contributed by atoms with Crippen molar-refractivity contribution in [1.82, 2.24) is 0 Å². The molecular formula is C17H17F3O2. The van der Waals surface area contributed by atoms with Gasteiger partial charge in [-0.25, -0.2) is 0 Å². The fraction of sp³-hybridized carbons (Fsp3) is 0.294. The molecule has 0 aliphatic heterocycles. The Balaban J connectivity index is 2.08. The van der Waals surface area contributed by atoms with Crippen LogP contribution in [-0.4, -0.2) is 11.5 Å². The van der Waals surface area contributed by atoms with E-state index in [0.717, 1.165) is 16.7 Å². The second kappa shape index (κ2) is 6.83. The van der Waals surface area contributed by atoms with Crippen LogP contribution in [0.4, 0.5) is 13.2 Å². The Morgan fingerprint density at radius 2 is 1.73 bits per heavy atom. The van der Waals surface area contributed by atoms with Crippen molar-refractivity contribution in [2.45, 2.75) is 32.2 Å². The van der Waals surface area contributed by atoms with Crippen LogP contribution in [-0.2, 0) is 6.42 Å². The molecule has 5 heteroatoms. The van der Waals surface area contributed by atoms with E-state index >= 15 is 0 Å². The molecule has 2 rings (SSSR count). The molecule has 0 saturated heterocycles. The Bertz CT molecular complexity index is 606. The molecule has 0 aliphatic rings. The van der Waals surface area contributed by atoms with Gasteiger partial charge in [-0.05, 0) is 41.7 Å². The van der Waals surface area contributed by atoms with E-state index < -0.39 is 12.5 Å². The summed E-state index contributed by atoms with van der Waals surface area (Å²) in [6.07, 6.45) is -3.96. The van der Waals surface area contributed by atoms with Crippen molar-refractivity contribution < 1.29 is 23.0 Å². The summed E-state index contributed by atoms with van der Waals surface area (Å²) in [6, 6.07) is 13.4. The van der Waals surface area contributed by atoms with Gasteiger partial charge < -0.3 is 9.84 Å². The van der Waals surface area contributed by atoms with Crippen molar-refractivity contribution in [2.24, 2.45) is 0 Å². The van der Waals surface area contributed by atoms with Crippen LogP contribution in [0, 0.1) is 0 Å². The minimum absolute atomic E-state index is 0.230. The highest BCUT2D eigenvalue weighted by atomic mass is 19.4. The quantitative estimate of drug-likeness (QED) is 0.873. The molecule has 0 spiro atoms. The number of rotatable bonds is 5. The van der Waals surface area contributed by atoms with E-state index in [1.54, 1.807) is 12.1 Å². The Morgan fingerprint density at radius 1 is 1.05 bits per heavy atom. The molecular weight excluding hydrogens is 293 g/mol. The molecule has 0 amide bonds. The summed E-state index contributed by atoms with van der Waals surface area (Å²) >= 11 is 0. The minimum atomic E-state index is -4.67. The monoisotopic (exact) mass is 310 g/mol. The standard InChI is InChI=1S/C17H17F3O2/c1-2-16(21)14-5-3-4-13(11-14)10-12-6-8-15(9-7-12)22-17(18,19)20/h3-9,11,16,21H,2,10H2,1H3/t16-/m0/s1. The molecule has 0 unspecified atom stereocenters. The zero-order valence-corrected chi connectivity index (χ0v) is 12.1. The van der Waals surface area contributed by atoms with E-state index in [2.05, 4.69) is 4.74 Å². The molecule has 0 saturated carbocycles. The van der Waals surface area contributed by atoms with Crippen LogP contribution in [0.2, 0.25) is 0 Å². The highest BCUT2D eigenvalue weighted by Gasteiger charge is 2.30. The van der Waals surface area contributed by atoms with Gasteiger partial charge in [0.05, 0.1) is 6.10 Å². The van der Waals surface area contributed by atoms with Gasteiger partial charge in [0.15, 0.2) is 0 Å². The van der Waals surface area contributed by atoms with Crippen LogP contribution in [0.3, 0.4) is 0 Å². The summed E-state index contributed by atoms with van der Waals surface area (Å²) in [7, 11) is 0. The maximum atomic E-state index is 12.1. The number of hydrogen-bond acceptors (Lipinski definition) is 2. The molecule has 2 nitrogen and oxygen atoms in total. The molecule has 118 valence electrons. The van der Waals surface area contributed by atoms with Crippen LogP contribution < -0.4 is 4.74 Å². The fourth-order valence-electron chi connectivity index (χ4n) is 2.19. The van der Waals surface area contributed by atoms with Gasteiger partial charge in [0.25, 0.3) is 0 Å². The lowest BCUT2D eigenvalue weighted by Crippen LogP contribution is -2.17. The number of alkyl halides is 3. The van der Waals surface area contributed by atoms with Gasteiger partial charge >= 0.3 is 6.36 Å². The average Bonchev–Trinajstić information content (AvgIpc) is 2.47. The third-order valence-corrected chi connectivity index (χ3v) is 3.29. The number of aliphatic hydroxyl groups excluding tert-OH is 1. The van der Waals surface area contributed by atoms with E-state index in [9.17, 15) is 18.3 Å². The lowest BCUT2D eigenvalue weighted by atomic mass is 10.00. The average molecular weight is 310 g/mol. The van der Waals surface area contributed by atoms with E-state index in [0.29, 0.717) is 12.8 Å². The van der Waals surface area contributed by atoms with Crippen LogP contribution in [0.5, 0.6) is 5.75 Å². The molecule has 0 heterocycles. The van der Waals surface area contributed by atoms with Crippen molar-refractivity contribution in [1.29, 1.82) is 0 Å². The van der Waals surface area contributed by atoms with Gasteiger partial charge in [-0.2, -0.15) is 0 Å². The molecule has 0 fully saturated rings. The highest BCUT2D eigenvalue weighted by Crippen LogP contribution is 2.24. The van der Waals surface area contributed by atoms with E-state index in [1.165, 1.54) is 12.1 Å². The number of aliphatic hydroxyl groups is 1. The molecule has 2 aromatic rings. The molecule has 0 radical (unpaired) electrons. The third kappa shape index (κ3) is 4.77. The van der Waals surface area contributed by atoms with Gasteiger partial charge in [0.1, 0.15) is 5.75 Å². The second-order valence-electron chi connectivity index (χ2n) is 5.04. The molecule has 0 aromatic heterocycles. The normalized spacial score (nSPS) is 13.0. The number of benzene rings is 2. The highest BCUT2D eigenvalue weighted by molar-refractivity contribution is 5.33. The summed E-state index contributed by atoms with van der Waals surface area (Å²) in [5.41, 5.74) is 2.71. The summed E-state index contributed by atoms with van der Waals surface area (Å²) < 4.78 is 40.1. The van der Waals surface area contributed by atoms with E-state index in [4.69, 9.17) is 0 Å². The molecule has 1 N–H and O–H groups in total. The molecule has 22 heavy (non-hydrogen) atoms. The van der Waals surface area contributed by atoms with Crippen molar-refractivity contribution in [3.8, 4) is 5.75 Å². The van der Waals surface area contributed by atoms with Crippen LogP contribution in [0.1, 0.15) is 36.1 Å². The molecule has 0 bridgehead atoms. The van der Waals surface area contributed by atoms with Gasteiger partial charge in [-0.3, -0.25) is 0 Å². The zero-order valence-electron chi connectivity index (χ0n) is 12.1. The molecule has 2 aromatic carbocycles. The van der Waals surface area contributed by atoms with Crippen molar-refractivity contribution in [2.75, 3.05) is 0 Å². The van der Waals surface area contributed by atoms with E-state index in [1.807, 2.05) is 31.2 Å². The van der Waals surface area contributed by atoms with Crippen LogP contribution in [0.25, 0.3) is 0 Å². The summed E-state index contributed by atoms with van der Waals surface area (Å²) in [4.78, 5) is 0. The first-order valence-corrected chi connectivity index (χ1v) is 6.99. The predicted octanol–water partition coefficient (Wildman–Crippen LogP) is 4.62. The van der Waals surface area contributed by atoms with Crippen LogP contribution in [0.15, 0.2) is 48.5 Å². The molecule has 1 atom stereocenters. The van der Waals surface area contributed by atoms with Gasteiger partial charge in [0, 0.05) is 0 Å². The topological polar surface area (TPSA) is 29.5 Å². The van der Waals surface area contributed by atoms with Crippen molar-refractivity contribution in [3.05, 3.63) is 65.2 Å². The lowest BCUT2D eigenvalue weighted by molar-refractivity contribution is -0.274. The molecule has 0 aliphatic carbocycles. The predicted molar refractivity (Wildman–Crippen MR) is 77.6 cm³/mol. The Kier molecular flexibility index (Phi) is 5.08. The fourth-order valence-corrected chi connectivity index (χ4v) is 2.19. The van der Waals surface area contributed by atoms with E-state index in [-0.39, 0.29) is 5.75 Å². The zero-order chi connectivity index (χ0) is 16.2.